The van der Waals surface area contributed by atoms with Crippen LogP contribution in [0, 0.1) is 11.8 Å². The number of hydrogen-bond acceptors (Lipinski definition) is 5. The fourth-order valence-corrected chi connectivity index (χ4v) is 3.67. The zero-order chi connectivity index (χ0) is 18.4. The molecule has 0 aliphatic carbocycles. The minimum atomic E-state index is -1.15. The number of carbonyl (C=O) groups is 2. The van der Waals surface area contributed by atoms with Gasteiger partial charge in [-0.1, -0.05) is 36.4 Å². The third-order valence-electron chi connectivity index (χ3n) is 4.84. The van der Waals surface area contributed by atoms with E-state index in [2.05, 4.69) is 57.4 Å². The van der Waals surface area contributed by atoms with Crippen LogP contribution in [0.15, 0.2) is 54.8 Å². The van der Waals surface area contributed by atoms with Gasteiger partial charge < -0.3 is 20.1 Å². The number of carboxylic acids is 1. The van der Waals surface area contributed by atoms with Gasteiger partial charge in [0.1, 0.15) is 6.26 Å². The zero-order valence-corrected chi connectivity index (χ0v) is 14.4. The lowest BCUT2D eigenvalue weighted by atomic mass is 10.0. The summed E-state index contributed by atoms with van der Waals surface area (Å²) in [5, 5.41) is 14.1. The fourth-order valence-electron chi connectivity index (χ4n) is 3.67. The molecule has 2 aromatic rings. The first-order valence-corrected chi connectivity index (χ1v) is 8.61. The normalized spacial score (nSPS) is 21.3. The number of rotatable bonds is 4. The molecule has 136 valence electrons. The van der Waals surface area contributed by atoms with Crippen molar-refractivity contribution in [2.45, 2.75) is 0 Å². The number of fused-ring (bicyclic) bond motifs is 2. The van der Waals surface area contributed by atoms with Gasteiger partial charge in [0, 0.05) is 37.3 Å². The number of nitrogens with one attached hydrogen (secondary N) is 1. The van der Waals surface area contributed by atoms with Crippen LogP contribution >= 0.6 is 0 Å². The van der Waals surface area contributed by atoms with Gasteiger partial charge >= 0.3 is 5.97 Å². The van der Waals surface area contributed by atoms with Crippen LogP contribution in [-0.4, -0.2) is 43.7 Å². The number of aliphatic carboxylic acids is 1. The summed E-state index contributed by atoms with van der Waals surface area (Å²) < 4.78 is 3.90. The Kier molecular flexibility index (Phi) is 5.86. The molecule has 4 rings (SSSR count). The molecule has 2 unspecified atom stereocenters. The molecule has 2 aliphatic heterocycles. The standard InChI is InChI=1S/C16H18N2.C4H4O4/c1-2-6-15-12(4-1)5-3-7-16(15)18-10-13-8-17-9-14(13)11-18;5-3-8-2-1-4(6)7/h1-7,13-14,17H,8-11H2;1-3H,(H,6,7)/b;2-1-. The Hall–Kier alpha value is -2.86. The second-order valence-electron chi connectivity index (χ2n) is 6.45. The van der Waals surface area contributed by atoms with Gasteiger partial charge in [-0.25, -0.2) is 4.79 Å². The Morgan fingerprint density at radius 3 is 2.50 bits per heavy atom. The number of carboxylic acid groups (broad SMARTS) is 1. The summed E-state index contributed by atoms with van der Waals surface area (Å²) in [4.78, 5) is 21.5. The van der Waals surface area contributed by atoms with E-state index in [1.807, 2.05) is 0 Å². The maximum Gasteiger partial charge on any atom is 0.331 e. The molecule has 26 heavy (non-hydrogen) atoms. The maximum atomic E-state index is 9.59. The zero-order valence-electron chi connectivity index (χ0n) is 14.4. The first-order chi connectivity index (χ1) is 12.7. The number of nitrogens with zero attached hydrogens (tertiary/aromatic N) is 1. The van der Waals surface area contributed by atoms with Crippen LogP contribution in [0.25, 0.3) is 10.8 Å². The van der Waals surface area contributed by atoms with Crippen molar-refractivity contribution >= 4 is 28.9 Å². The minimum absolute atomic E-state index is 0.138. The molecule has 0 radical (unpaired) electrons. The van der Waals surface area contributed by atoms with Crippen molar-refractivity contribution in [2.24, 2.45) is 11.8 Å². The molecule has 0 amide bonds. The Morgan fingerprint density at radius 1 is 1.12 bits per heavy atom. The molecule has 0 spiro atoms. The highest BCUT2D eigenvalue weighted by Crippen LogP contribution is 2.34. The van der Waals surface area contributed by atoms with E-state index in [-0.39, 0.29) is 6.47 Å². The number of hydrogen-bond donors (Lipinski definition) is 2. The summed E-state index contributed by atoms with van der Waals surface area (Å²) >= 11 is 0. The van der Waals surface area contributed by atoms with E-state index in [4.69, 9.17) is 5.11 Å². The van der Waals surface area contributed by atoms with Crippen LogP contribution < -0.4 is 10.2 Å². The molecular formula is C20H22N2O4. The van der Waals surface area contributed by atoms with Crippen molar-refractivity contribution in [3.63, 3.8) is 0 Å². The van der Waals surface area contributed by atoms with E-state index in [0.29, 0.717) is 6.08 Å². The van der Waals surface area contributed by atoms with E-state index in [1.165, 1.54) is 42.6 Å². The van der Waals surface area contributed by atoms with Crippen LogP contribution in [0.2, 0.25) is 0 Å². The lowest BCUT2D eigenvalue weighted by molar-refractivity contribution is -0.131. The van der Waals surface area contributed by atoms with Crippen LogP contribution in [-0.2, 0) is 14.3 Å². The second-order valence-corrected chi connectivity index (χ2v) is 6.45. The van der Waals surface area contributed by atoms with Gasteiger partial charge in [-0.15, -0.1) is 0 Å². The average molecular weight is 354 g/mol. The van der Waals surface area contributed by atoms with Crippen molar-refractivity contribution < 1.29 is 19.4 Å². The number of benzene rings is 2. The van der Waals surface area contributed by atoms with Crippen molar-refractivity contribution in [3.8, 4) is 0 Å². The van der Waals surface area contributed by atoms with Gasteiger partial charge in [0.15, 0.2) is 0 Å². The molecule has 2 heterocycles. The molecule has 6 nitrogen and oxygen atoms in total. The maximum absolute atomic E-state index is 9.59. The molecule has 6 heteroatoms. The topological polar surface area (TPSA) is 78.9 Å². The lowest BCUT2D eigenvalue weighted by Gasteiger charge is -2.21. The molecule has 2 aliphatic rings. The van der Waals surface area contributed by atoms with Gasteiger partial charge in [0.25, 0.3) is 6.47 Å². The minimum Gasteiger partial charge on any atom is -0.478 e. The van der Waals surface area contributed by atoms with E-state index in [9.17, 15) is 9.59 Å². The molecule has 2 aromatic carbocycles. The van der Waals surface area contributed by atoms with E-state index < -0.39 is 5.97 Å². The molecular weight excluding hydrogens is 332 g/mol. The first kappa shape index (κ1) is 17.9. The SMILES string of the molecule is O=CO/C=C\C(=O)O.c1ccc2c(N3CC4CNCC4C3)cccc2c1. The van der Waals surface area contributed by atoms with Crippen molar-refractivity contribution in [1.82, 2.24) is 5.32 Å². The summed E-state index contributed by atoms with van der Waals surface area (Å²) in [5.74, 6) is 0.555. The van der Waals surface area contributed by atoms with Gasteiger partial charge in [-0.2, -0.15) is 0 Å². The predicted octanol–water partition coefficient (Wildman–Crippen LogP) is 2.25. The van der Waals surface area contributed by atoms with Crippen LogP contribution in [0.4, 0.5) is 5.69 Å². The molecule has 2 N–H and O–H groups in total. The van der Waals surface area contributed by atoms with Crippen LogP contribution in [0.3, 0.4) is 0 Å². The Morgan fingerprint density at radius 2 is 1.81 bits per heavy atom. The molecule has 0 aromatic heterocycles. The smallest absolute Gasteiger partial charge is 0.331 e. The first-order valence-electron chi connectivity index (χ1n) is 8.61. The molecule has 2 saturated heterocycles. The molecule has 2 fully saturated rings. The summed E-state index contributed by atoms with van der Waals surface area (Å²) in [6.07, 6.45) is 1.50. The van der Waals surface area contributed by atoms with Crippen LogP contribution in [0.5, 0.6) is 0 Å². The van der Waals surface area contributed by atoms with Crippen molar-refractivity contribution in [2.75, 3.05) is 31.1 Å². The van der Waals surface area contributed by atoms with E-state index in [0.717, 1.165) is 18.1 Å². The monoisotopic (exact) mass is 354 g/mol. The number of anilines is 1. The Balaban J connectivity index is 0.000000211. The molecule has 0 saturated carbocycles. The highest BCUT2D eigenvalue weighted by Gasteiger charge is 2.36. The van der Waals surface area contributed by atoms with Gasteiger partial charge in [0.05, 0.1) is 6.08 Å². The third-order valence-corrected chi connectivity index (χ3v) is 4.84. The van der Waals surface area contributed by atoms with Gasteiger partial charge in [0.2, 0.25) is 0 Å². The molecule has 0 bridgehead atoms. The van der Waals surface area contributed by atoms with Gasteiger partial charge in [-0.3, -0.25) is 4.79 Å². The molecule has 2 atom stereocenters. The number of ether oxygens (including phenoxy) is 1. The second kappa shape index (κ2) is 8.49. The lowest BCUT2D eigenvalue weighted by Crippen LogP contribution is -2.25. The largest absolute Gasteiger partial charge is 0.478 e. The Labute approximate surface area is 152 Å². The average Bonchev–Trinajstić information content (AvgIpc) is 3.24. The highest BCUT2D eigenvalue weighted by atomic mass is 16.5. The predicted molar refractivity (Wildman–Crippen MR) is 99.9 cm³/mol. The summed E-state index contributed by atoms with van der Waals surface area (Å²) in [5.41, 5.74) is 1.42. The third kappa shape index (κ3) is 4.21. The number of carbonyl (C=O) groups excluding carboxylic acids is 1. The van der Waals surface area contributed by atoms with Crippen molar-refractivity contribution in [1.29, 1.82) is 0 Å². The summed E-state index contributed by atoms with van der Waals surface area (Å²) in [7, 11) is 0. The van der Waals surface area contributed by atoms with Crippen molar-refractivity contribution in [3.05, 3.63) is 54.8 Å². The highest BCUT2D eigenvalue weighted by molar-refractivity contribution is 5.94. The van der Waals surface area contributed by atoms with E-state index in [1.54, 1.807) is 0 Å². The summed E-state index contributed by atoms with van der Waals surface area (Å²) in [6.45, 7) is 4.97. The summed E-state index contributed by atoms with van der Waals surface area (Å²) in [6, 6.07) is 15.4. The fraction of sp³-hybridized carbons (Fsp3) is 0.300. The van der Waals surface area contributed by atoms with Crippen LogP contribution in [0.1, 0.15) is 0 Å². The quantitative estimate of drug-likeness (QED) is 0.498. The van der Waals surface area contributed by atoms with E-state index >= 15 is 0 Å². The Bertz CT molecular complexity index is 788. The van der Waals surface area contributed by atoms with Gasteiger partial charge in [-0.05, 0) is 23.3 Å².